The van der Waals surface area contributed by atoms with Crippen molar-refractivity contribution in [1.82, 2.24) is 10.6 Å². The molecule has 4 heteroatoms. The number of rotatable bonds is 3. The van der Waals surface area contributed by atoms with Gasteiger partial charge < -0.3 is 15.7 Å². The molecule has 1 saturated heterocycles. The van der Waals surface area contributed by atoms with Crippen molar-refractivity contribution in [2.24, 2.45) is 0 Å². The van der Waals surface area contributed by atoms with E-state index in [0.29, 0.717) is 18.2 Å². The van der Waals surface area contributed by atoms with E-state index in [9.17, 15) is 9.90 Å². The first-order valence-electron chi connectivity index (χ1n) is 6.06. The fraction of sp³-hybridized carbons (Fsp3) is 0.462. The molecule has 0 saturated carbocycles. The van der Waals surface area contributed by atoms with Gasteiger partial charge in [0.15, 0.2) is 0 Å². The molecule has 0 aromatic heterocycles. The van der Waals surface area contributed by atoms with E-state index in [4.69, 9.17) is 0 Å². The smallest absolute Gasteiger partial charge is 0.251 e. The summed E-state index contributed by atoms with van der Waals surface area (Å²) in [6.07, 6.45) is 3.55. The lowest BCUT2D eigenvalue weighted by Crippen LogP contribution is -2.43. The number of phenols is 1. The number of piperidine rings is 1. The highest BCUT2D eigenvalue weighted by Gasteiger charge is 2.14. The van der Waals surface area contributed by atoms with Crippen LogP contribution in [0.2, 0.25) is 0 Å². The summed E-state index contributed by atoms with van der Waals surface area (Å²) in [5.74, 6) is -0.0123. The second-order valence-corrected chi connectivity index (χ2v) is 4.41. The number of benzene rings is 1. The van der Waals surface area contributed by atoms with Gasteiger partial charge in [-0.25, -0.2) is 0 Å². The molecule has 17 heavy (non-hydrogen) atoms. The highest BCUT2D eigenvalue weighted by molar-refractivity contribution is 5.94. The van der Waals surface area contributed by atoms with E-state index in [2.05, 4.69) is 10.6 Å². The van der Waals surface area contributed by atoms with Crippen molar-refractivity contribution in [3.63, 3.8) is 0 Å². The summed E-state index contributed by atoms with van der Waals surface area (Å²) in [6.45, 7) is 1.68. The zero-order valence-electron chi connectivity index (χ0n) is 9.78. The number of aromatic hydroxyl groups is 1. The maximum atomic E-state index is 11.8. The molecule has 1 aromatic rings. The molecule has 3 N–H and O–H groups in total. The third-order valence-electron chi connectivity index (χ3n) is 3.03. The van der Waals surface area contributed by atoms with Gasteiger partial charge in [0.1, 0.15) is 5.75 Å². The molecule has 4 nitrogen and oxygen atoms in total. The Balaban J connectivity index is 1.84. The number of carbonyl (C=O) groups excluding carboxylic acids is 1. The third-order valence-corrected chi connectivity index (χ3v) is 3.03. The van der Waals surface area contributed by atoms with Gasteiger partial charge in [-0.2, -0.15) is 0 Å². The topological polar surface area (TPSA) is 61.4 Å². The van der Waals surface area contributed by atoms with E-state index >= 15 is 0 Å². The SMILES string of the molecule is O=C(NC[C@H]1CCCCN1)c1cccc(O)c1. The second kappa shape index (κ2) is 5.68. The van der Waals surface area contributed by atoms with Crippen LogP contribution in [0, 0.1) is 0 Å². The molecule has 0 spiro atoms. The Kier molecular flexibility index (Phi) is 3.98. The second-order valence-electron chi connectivity index (χ2n) is 4.41. The zero-order valence-corrected chi connectivity index (χ0v) is 9.78. The van der Waals surface area contributed by atoms with E-state index in [1.54, 1.807) is 18.2 Å². The molecule has 0 unspecified atom stereocenters. The normalized spacial score (nSPS) is 19.9. The van der Waals surface area contributed by atoms with E-state index in [-0.39, 0.29) is 11.7 Å². The molecule has 1 aliphatic heterocycles. The van der Waals surface area contributed by atoms with Crippen LogP contribution in [0.5, 0.6) is 5.75 Å². The number of nitrogens with one attached hydrogen (secondary N) is 2. The maximum absolute atomic E-state index is 11.8. The highest BCUT2D eigenvalue weighted by Crippen LogP contribution is 2.11. The highest BCUT2D eigenvalue weighted by atomic mass is 16.3. The summed E-state index contributed by atoms with van der Waals surface area (Å²) in [4.78, 5) is 11.8. The van der Waals surface area contributed by atoms with Crippen LogP contribution < -0.4 is 10.6 Å². The van der Waals surface area contributed by atoms with E-state index < -0.39 is 0 Å². The van der Waals surface area contributed by atoms with Crippen LogP contribution in [-0.4, -0.2) is 30.1 Å². The maximum Gasteiger partial charge on any atom is 0.251 e. The first kappa shape index (κ1) is 11.9. The van der Waals surface area contributed by atoms with Crippen LogP contribution in [0.15, 0.2) is 24.3 Å². The lowest BCUT2D eigenvalue weighted by atomic mass is 10.1. The van der Waals surface area contributed by atoms with Gasteiger partial charge in [-0.05, 0) is 37.6 Å². The van der Waals surface area contributed by atoms with Gasteiger partial charge in [0.2, 0.25) is 0 Å². The minimum atomic E-state index is -0.131. The number of hydrogen-bond acceptors (Lipinski definition) is 3. The van der Waals surface area contributed by atoms with Crippen molar-refractivity contribution in [2.45, 2.75) is 25.3 Å². The number of hydrogen-bond donors (Lipinski definition) is 3. The molecule has 0 aliphatic carbocycles. The van der Waals surface area contributed by atoms with Crippen LogP contribution in [-0.2, 0) is 0 Å². The van der Waals surface area contributed by atoms with Gasteiger partial charge in [0.05, 0.1) is 0 Å². The van der Waals surface area contributed by atoms with Crippen molar-refractivity contribution in [1.29, 1.82) is 0 Å². The summed E-state index contributed by atoms with van der Waals surface area (Å²) in [5, 5.41) is 15.5. The summed E-state index contributed by atoms with van der Waals surface area (Å²) in [7, 11) is 0. The Morgan fingerprint density at radius 2 is 2.35 bits per heavy atom. The van der Waals surface area contributed by atoms with Crippen molar-refractivity contribution in [3.8, 4) is 5.75 Å². The fourth-order valence-corrected chi connectivity index (χ4v) is 2.06. The minimum absolute atomic E-state index is 0.119. The van der Waals surface area contributed by atoms with E-state index in [1.165, 1.54) is 18.9 Å². The standard InChI is InChI=1S/C13H18N2O2/c16-12-6-3-4-10(8-12)13(17)15-9-11-5-1-2-7-14-11/h3-4,6,8,11,14,16H,1-2,5,7,9H2,(H,15,17)/t11-/m1/s1. The molecular formula is C13H18N2O2. The van der Waals surface area contributed by atoms with Crippen LogP contribution in [0.3, 0.4) is 0 Å². The molecule has 1 aromatic carbocycles. The largest absolute Gasteiger partial charge is 0.508 e. The van der Waals surface area contributed by atoms with Crippen molar-refractivity contribution in [3.05, 3.63) is 29.8 Å². The summed E-state index contributed by atoms with van der Waals surface area (Å²) in [5.41, 5.74) is 0.501. The summed E-state index contributed by atoms with van der Waals surface area (Å²) >= 11 is 0. The predicted octanol–water partition coefficient (Wildman–Crippen LogP) is 1.26. The molecule has 1 aliphatic rings. The first-order chi connectivity index (χ1) is 8.25. The van der Waals surface area contributed by atoms with Gasteiger partial charge in [0, 0.05) is 18.2 Å². The average Bonchev–Trinajstić information content (AvgIpc) is 2.37. The van der Waals surface area contributed by atoms with Crippen LogP contribution >= 0.6 is 0 Å². The average molecular weight is 234 g/mol. The third kappa shape index (κ3) is 3.46. The van der Waals surface area contributed by atoms with Gasteiger partial charge in [0.25, 0.3) is 5.91 Å². The van der Waals surface area contributed by atoms with Gasteiger partial charge in [-0.3, -0.25) is 4.79 Å². The Morgan fingerprint density at radius 3 is 3.06 bits per heavy atom. The van der Waals surface area contributed by atoms with Gasteiger partial charge in [-0.15, -0.1) is 0 Å². The lowest BCUT2D eigenvalue weighted by Gasteiger charge is -2.23. The molecule has 1 atom stereocenters. The van der Waals surface area contributed by atoms with Crippen LogP contribution in [0.4, 0.5) is 0 Å². The molecule has 1 amide bonds. The molecule has 92 valence electrons. The van der Waals surface area contributed by atoms with Gasteiger partial charge in [-0.1, -0.05) is 12.5 Å². The predicted molar refractivity (Wildman–Crippen MR) is 66.1 cm³/mol. The summed E-state index contributed by atoms with van der Waals surface area (Å²) < 4.78 is 0. The Morgan fingerprint density at radius 1 is 1.47 bits per heavy atom. The van der Waals surface area contributed by atoms with Crippen molar-refractivity contribution in [2.75, 3.05) is 13.1 Å². The van der Waals surface area contributed by atoms with Crippen molar-refractivity contribution < 1.29 is 9.90 Å². The number of carbonyl (C=O) groups is 1. The molecule has 0 bridgehead atoms. The van der Waals surface area contributed by atoms with Gasteiger partial charge >= 0.3 is 0 Å². The van der Waals surface area contributed by atoms with Crippen molar-refractivity contribution >= 4 is 5.91 Å². The Hall–Kier alpha value is -1.55. The Bertz CT molecular complexity index is 387. The molecule has 1 heterocycles. The van der Waals surface area contributed by atoms with E-state index in [0.717, 1.165) is 13.0 Å². The molecule has 1 fully saturated rings. The fourth-order valence-electron chi connectivity index (χ4n) is 2.06. The molecule has 2 rings (SSSR count). The zero-order chi connectivity index (χ0) is 12.1. The van der Waals surface area contributed by atoms with Crippen LogP contribution in [0.25, 0.3) is 0 Å². The lowest BCUT2D eigenvalue weighted by molar-refractivity contribution is 0.0947. The monoisotopic (exact) mass is 234 g/mol. The molecular weight excluding hydrogens is 216 g/mol. The number of phenolic OH excluding ortho intramolecular Hbond substituents is 1. The number of amides is 1. The first-order valence-corrected chi connectivity index (χ1v) is 6.06. The molecule has 0 radical (unpaired) electrons. The Labute approximate surface area is 101 Å². The van der Waals surface area contributed by atoms with E-state index in [1.807, 2.05) is 0 Å². The quantitative estimate of drug-likeness (QED) is 0.738. The summed E-state index contributed by atoms with van der Waals surface area (Å²) in [6, 6.07) is 6.78. The van der Waals surface area contributed by atoms with Crippen LogP contribution in [0.1, 0.15) is 29.6 Å². The minimum Gasteiger partial charge on any atom is -0.508 e.